The summed E-state index contributed by atoms with van der Waals surface area (Å²) < 4.78 is 28.9. The number of nitrogens with one attached hydrogen (secondary N) is 2. The lowest BCUT2D eigenvalue weighted by atomic mass is 10.2. The molecule has 2 aromatic heterocycles. The summed E-state index contributed by atoms with van der Waals surface area (Å²) in [5, 5.41) is 2.77. The number of aryl methyl sites for hydroxylation is 1. The molecule has 8 heteroatoms. The summed E-state index contributed by atoms with van der Waals surface area (Å²) >= 11 is 0. The van der Waals surface area contributed by atoms with Gasteiger partial charge in [-0.25, -0.2) is 13.1 Å². The summed E-state index contributed by atoms with van der Waals surface area (Å²) in [4.78, 5) is 17.1. The van der Waals surface area contributed by atoms with Crippen molar-refractivity contribution in [1.29, 1.82) is 0 Å². The number of benzene rings is 1. The van der Waals surface area contributed by atoms with E-state index in [0.717, 1.165) is 17.1 Å². The Bertz CT molecular complexity index is 1080. The topological polar surface area (TPSA) is 93.1 Å². The quantitative estimate of drug-likeness (QED) is 0.555. The second kappa shape index (κ2) is 9.02. The minimum absolute atomic E-state index is 0.107. The molecule has 0 aliphatic heterocycles. The number of carbonyl (C=O) groups excluding carboxylic acids is 1. The zero-order valence-corrected chi connectivity index (χ0v) is 17.2. The molecule has 0 radical (unpaired) electrons. The van der Waals surface area contributed by atoms with Gasteiger partial charge in [0.25, 0.3) is 5.91 Å². The zero-order chi connectivity index (χ0) is 20.9. The molecular weight excluding hydrogens is 388 g/mol. The van der Waals surface area contributed by atoms with E-state index in [1.807, 2.05) is 42.7 Å². The molecule has 2 N–H and O–H groups in total. The summed E-state index contributed by atoms with van der Waals surface area (Å²) in [5.74, 6) is -0.232. The maximum absolute atomic E-state index is 12.6. The highest BCUT2D eigenvalue weighted by molar-refractivity contribution is 7.89. The molecule has 0 fully saturated rings. The number of aromatic nitrogens is 2. The number of sulfonamides is 1. The van der Waals surface area contributed by atoms with Gasteiger partial charge in [0.1, 0.15) is 0 Å². The molecule has 0 atom stereocenters. The van der Waals surface area contributed by atoms with Gasteiger partial charge in [0.2, 0.25) is 10.0 Å². The van der Waals surface area contributed by atoms with Crippen LogP contribution in [-0.2, 0) is 16.6 Å². The van der Waals surface area contributed by atoms with Crippen molar-refractivity contribution in [2.45, 2.75) is 25.3 Å². The van der Waals surface area contributed by atoms with E-state index in [1.165, 1.54) is 12.1 Å². The first-order valence-electron chi connectivity index (χ1n) is 9.28. The molecule has 3 rings (SSSR count). The first-order chi connectivity index (χ1) is 13.9. The predicted octanol–water partition coefficient (Wildman–Crippen LogP) is 2.26. The number of nitrogens with zero attached hydrogens (tertiary/aromatic N) is 2. The van der Waals surface area contributed by atoms with Crippen LogP contribution in [0.5, 0.6) is 0 Å². The van der Waals surface area contributed by atoms with Gasteiger partial charge < -0.3 is 9.88 Å². The Morgan fingerprint density at radius 2 is 1.76 bits per heavy atom. The summed E-state index contributed by atoms with van der Waals surface area (Å²) in [7, 11) is -3.58. The molecule has 1 aromatic carbocycles. The predicted molar refractivity (Wildman–Crippen MR) is 111 cm³/mol. The van der Waals surface area contributed by atoms with E-state index in [1.54, 1.807) is 24.4 Å². The minimum atomic E-state index is -3.58. The van der Waals surface area contributed by atoms with Gasteiger partial charge in [-0.1, -0.05) is 24.3 Å². The van der Waals surface area contributed by atoms with E-state index in [-0.39, 0.29) is 23.9 Å². The van der Waals surface area contributed by atoms with Crippen molar-refractivity contribution in [3.63, 3.8) is 0 Å². The SMILES string of the molecule is Cc1cc(C(=O)NCCNS(=O)(=O)c2ccccc2)c(C)n1Cc1ccccn1. The Hall–Kier alpha value is -2.97. The highest BCUT2D eigenvalue weighted by Crippen LogP contribution is 2.16. The smallest absolute Gasteiger partial charge is 0.253 e. The van der Waals surface area contributed by atoms with Crippen LogP contribution < -0.4 is 10.0 Å². The Balaban J connectivity index is 1.58. The van der Waals surface area contributed by atoms with E-state index in [0.29, 0.717) is 12.1 Å². The normalized spacial score (nSPS) is 11.4. The highest BCUT2D eigenvalue weighted by atomic mass is 32.2. The summed E-state index contributed by atoms with van der Waals surface area (Å²) in [6.45, 7) is 4.72. The summed E-state index contributed by atoms with van der Waals surface area (Å²) in [6.07, 6.45) is 1.74. The molecule has 0 unspecified atom stereocenters. The molecule has 29 heavy (non-hydrogen) atoms. The van der Waals surface area contributed by atoms with Gasteiger partial charge in [0.15, 0.2) is 0 Å². The third-order valence-corrected chi connectivity index (χ3v) is 6.10. The van der Waals surface area contributed by atoms with E-state index < -0.39 is 10.0 Å². The molecule has 0 saturated carbocycles. The van der Waals surface area contributed by atoms with E-state index in [9.17, 15) is 13.2 Å². The Morgan fingerprint density at radius 1 is 1.03 bits per heavy atom. The van der Waals surface area contributed by atoms with Crippen molar-refractivity contribution in [2.24, 2.45) is 0 Å². The fourth-order valence-corrected chi connectivity index (χ4v) is 4.12. The molecule has 0 saturated heterocycles. The van der Waals surface area contributed by atoms with Gasteiger partial charge in [0.05, 0.1) is 22.7 Å². The van der Waals surface area contributed by atoms with Crippen molar-refractivity contribution in [2.75, 3.05) is 13.1 Å². The van der Waals surface area contributed by atoms with Crippen LogP contribution >= 0.6 is 0 Å². The second-order valence-electron chi connectivity index (χ2n) is 6.66. The van der Waals surface area contributed by atoms with Crippen molar-refractivity contribution in [3.05, 3.63) is 83.4 Å². The molecule has 1 amide bonds. The lowest BCUT2D eigenvalue weighted by molar-refractivity contribution is 0.0953. The second-order valence-corrected chi connectivity index (χ2v) is 8.43. The van der Waals surface area contributed by atoms with E-state index in [2.05, 4.69) is 15.0 Å². The van der Waals surface area contributed by atoms with Gasteiger partial charge in [-0.15, -0.1) is 0 Å². The summed E-state index contributed by atoms with van der Waals surface area (Å²) in [6, 6.07) is 15.7. The third-order valence-electron chi connectivity index (χ3n) is 4.62. The molecule has 2 heterocycles. The fourth-order valence-electron chi connectivity index (χ4n) is 3.07. The molecule has 0 aliphatic carbocycles. The van der Waals surface area contributed by atoms with Crippen LogP contribution in [0.1, 0.15) is 27.4 Å². The van der Waals surface area contributed by atoms with Crippen molar-refractivity contribution < 1.29 is 13.2 Å². The lowest BCUT2D eigenvalue weighted by Gasteiger charge is -2.10. The number of carbonyl (C=O) groups is 1. The number of pyridine rings is 1. The number of hydrogen-bond acceptors (Lipinski definition) is 4. The number of amides is 1. The standard InChI is InChI=1S/C21H24N4O3S/c1-16-14-20(17(2)25(16)15-18-8-6-7-11-22-18)21(26)23-12-13-24-29(27,28)19-9-4-3-5-10-19/h3-11,14,24H,12-13,15H2,1-2H3,(H,23,26). The van der Waals surface area contributed by atoms with Gasteiger partial charge in [-0.05, 0) is 44.2 Å². The van der Waals surface area contributed by atoms with Crippen LogP contribution in [0, 0.1) is 13.8 Å². The van der Waals surface area contributed by atoms with Crippen LogP contribution in [0.2, 0.25) is 0 Å². The Labute approximate surface area is 170 Å². The largest absolute Gasteiger partial charge is 0.351 e. The van der Waals surface area contributed by atoms with Gasteiger partial charge in [0, 0.05) is 30.7 Å². The molecule has 0 spiro atoms. The van der Waals surface area contributed by atoms with Crippen LogP contribution in [0.15, 0.2) is 65.7 Å². The van der Waals surface area contributed by atoms with Crippen LogP contribution in [0.3, 0.4) is 0 Å². The number of hydrogen-bond donors (Lipinski definition) is 2. The Kier molecular flexibility index (Phi) is 6.46. The molecule has 0 aliphatic rings. The van der Waals surface area contributed by atoms with Gasteiger partial charge in [-0.2, -0.15) is 0 Å². The minimum Gasteiger partial charge on any atom is -0.351 e. The van der Waals surface area contributed by atoms with Gasteiger partial charge in [-0.3, -0.25) is 9.78 Å². The van der Waals surface area contributed by atoms with Crippen molar-refractivity contribution in [3.8, 4) is 0 Å². The Morgan fingerprint density at radius 3 is 2.45 bits per heavy atom. The first-order valence-corrected chi connectivity index (χ1v) is 10.8. The molecule has 152 valence electrons. The maximum Gasteiger partial charge on any atom is 0.253 e. The van der Waals surface area contributed by atoms with Gasteiger partial charge >= 0.3 is 0 Å². The van der Waals surface area contributed by atoms with Crippen LogP contribution in [0.25, 0.3) is 0 Å². The van der Waals surface area contributed by atoms with E-state index >= 15 is 0 Å². The lowest BCUT2D eigenvalue weighted by Crippen LogP contribution is -2.34. The number of rotatable bonds is 8. The molecule has 3 aromatic rings. The third kappa shape index (κ3) is 5.10. The zero-order valence-electron chi connectivity index (χ0n) is 16.4. The average molecular weight is 413 g/mol. The van der Waals surface area contributed by atoms with E-state index in [4.69, 9.17) is 0 Å². The monoisotopic (exact) mass is 412 g/mol. The maximum atomic E-state index is 12.6. The molecule has 7 nitrogen and oxygen atoms in total. The average Bonchev–Trinajstić information content (AvgIpc) is 3.01. The van der Waals surface area contributed by atoms with Crippen molar-refractivity contribution in [1.82, 2.24) is 19.6 Å². The fraction of sp³-hybridized carbons (Fsp3) is 0.238. The molecule has 0 bridgehead atoms. The highest BCUT2D eigenvalue weighted by Gasteiger charge is 2.17. The van der Waals surface area contributed by atoms with Crippen LogP contribution in [-0.4, -0.2) is 37.0 Å². The first kappa shape index (κ1) is 20.8. The summed E-state index contributed by atoms with van der Waals surface area (Å²) in [5.41, 5.74) is 3.29. The molecular formula is C21H24N4O3S. The van der Waals surface area contributed by atoms with Crippen LogP contribution in [0.4, 0.5) is 0 Å². The van der Waals surface area contributed by atoms with Crippen molar-refractivity contribution >= 4 is 15.9 Å².